The van der Waals surface area contributed by atoms with E-state index in [-0.39, 0.29) is 5.56 Å². The van der Waals surface area contributed by atoms with E-state index >= 15 is 0 Å². The summed E-state index contributed by atoms with van der Waals surface area (Å²) in [6, 6.07) is 4.34. The van der Waals surface area contributed by atoms with Gasteiger partial charge in [-0.3, -0.25) is 4.68 Å². The lowest BCUT2D eigenvalue weighted by Crippen LogP contribution is -2.32. The van der Waals surface area contributed by atoms with E-state index in [4.69, 9.17) is 5.11 Å². The van der Waals surface area contributed by atoms with Gasteiger partial charge in [0.15, 0.2) is 0 Å². The number of carbonyl (C=O) groups excluding carboxylic acids is 1. The second-order valence-electron chi connectivity index (χ2n) is 4.35. The Bertz CT molecular complexity index is 639. The first kappa shape index (κ1) is 14.5. The first-order valence-electron chi connectivity index (χ1n) is 6.30. The molecular weight excluding hydrogens is 274 g/mol. The van der Waals surface area contributed by atoms with Crippen molar-refractivity contribution < 1.29 is 14.7 Å². The van der Waals surface area contributed by atoms with Crippen LogP contribution in [0.3, 0.4) is 0 Å². The predicted molar refractivity (Wildman–Crippen MR) is 75.2 cm³/mol. The van der Waals surface area contributed by atoms with E-state index in [1.165, 1.54) is 6.07 Å². The smallest absolute Gasteiger partial charge is 0.337 e. The monoisotopic (exact) mass is 289 g/mol. The highest BCUT2D eigenvalue weighted by Crippen LogP contribution is 2.20. The van der Waals surface area contributed by atoms with Gasteiger partial charge in [-0.15, -0.1) is 5.10 Å². The van der Waals surface area contributed by atoms with Crippen LogP contribution in [0.2, 0.25) is 0 Å². The molecule has 1 aromatic heterocycles. The predicted octanol–water partition coefficient (Wildman–Crippen LogP) is 1.11. The molecule has 8 heteroatoms. The molecule has 0 saturated carbocycles. The molecule has 0 spiro atoms. The van der Waals surface area contributed by atoms with Crippen LogP contribution in [0.1, 0.15) is 15.9 Å². The van der Waals surface area contributed by atoms with Gasteiger partial charge < -0.3 is 15.7 Å². The molecule has 0 aliphatic rings. The van der Waals surface area contributed by atoms with Crippen molar-refractivity contribution >= 4 is 17.7 Å². The highest BCUT2D eigenvalue weighted by Gasteiger charge is 2.14. The second-order valence-corrected chi connectivity index (χ2v) is 4.35. The molecule has 0 saturated heterocycles. The van der Waals surface area contributed by atoms with E-state index in [9.17, 15) is 9.59 Å². The number of aryl methyl sites for hydroxylation is 1. The summed E-state index contributed by atoms with van der Waals surface area (Å²) in [5.74, 6) is -1.09. The topological polar surface area (TPSA) is 109 Å². The normalized spacial score (nSPS) is 10.1. The van der Waals surface area contributed by atoms with Crippen molar-refractivity contribution in [1.82, 2.24) is 20.3 Å². The zero-order chi connectivity index (χ0) is 15.2. The maximum absolute atomic E-state index is 11.8. The summed E-state index contributed by atoms with van der Waals surface area (Å²) in [6.07, 6.45) is 3.23. The number of nitrogens with zero attached hydrogens (tertiary/aromatic N) is 3. The molecule has 1 heterocycles. The van der Waals surface area contributed by atoms with Gasteiger partial charge in [0.1, 0.15) is 0 Å². The lowest BCUT2D eigenvalue weighted by molar-refractivity contribution is 0.0698. The lowest BCUT2D eigenvalue weighted by atomic mass is 10.1. The van der Waals surface area contributed by atoms with E-state index in [1.54, 1.807) is 36.1 Å². The van der Waals surface area contributed by atoms with Gasteiger partial charge >= 0.3 is 12.0 Å². The number of urea groups is 1. The molecule has 3 N–H and O–H groups in total. The third kappa shape index (κ3) is 3.78. The number of benzene rings is 1. The number of aromatic nitrogens is 3. The van der Waals surface area contributed by atoms with Crippen molar-refractivity contribution in [2.75, 3.05) is 11.9 Å². The third-order valence-electron chi connectivity index (χ3n) is 2.84. The van der Waals surface area contributed by atoms with E-state index in [1.807, 2.05) is 0 Å². The van der Waals surface area contributed by atoms with Crippen molar-refractivity contribution in [3.63, 3.8) is 0 Å². The van der Waals surface area contributed by atoms with E-state index < -0.39 is 12.0 Å². The number of hydrogen-bond acceptors (Lipinski definition) is 4. The quantitative estimate of drug-likeness (QED) is 0.763. The molecule has 0 atom stereocenters. The molecular formula is C13H15N5O3. The number of carbonyl (C=O) groups is 2. The van der Waals surface area contributed by atoms with Crippen molar-refractivity contribution in [3.05, 3.63) is 41.7 Å². The van der Waals surface area contributed by atoms with Crippen LogP contribution in [-0.2, 0) is 6.54 Å². The van der Waals surface area contributed by atoms with Gasteiger partial charge in [-0.05, 0) is 18.6 Å². The molecule has 2 aromatic rings. The molecule has 0 aliphatic heterocycles. The average molecular weight is 289 g/mol. The Morgan fingerprint density at radius 1 is 1.38 bits per heavy atom. The van der Waals surface area contributed by atoms with E-state index in [0.29, 0.717) is 24.3 Å². The molecule has 2 rings (SSSR count). The zero-order valence-electron chi connectivity index (χ0n) is 11.4. The van der Waals surface area contributed by atoms with Gasteiger partial charge in [0.2, 0.25) is 0 Å². The summed E-state index contributed by atoms with van der Waals surface area (Å²) in [7, 11) is 0. The standard InChI is InChI=1S/C13H15N5O3/c1-9-3-2-4-10(12(19)20)11(9)16-13(21)14-5-7-18-8-6-15-17-18/h2-4,6,8H,5,7H2,1H3,(H,19,20)(H2,14,16,21). The van der Waals surface area contributed by atoms with Crippen LogP contribution in [0.15, 0.2) is 30.6 Å². The highest BCUT2D eigenvalue weighted by molar-refractivity contribution is 6.00. The number of aromatic carboxylic acids is 1. The van der Waals surface area contributed by atoms with E-state index in [0.717, 1.165) is 0 Å². The van der Waals surface area contributed by atoms with Crippen molar-refractivity contribution in [2.24, 2.45) is 0 Å². The Hall–Kier alpha value is -2.90. The first-order chi connectivity index (χ1) is 10.1. The minimum atomic E-state index is -1.09. The molecule has 0 aliphatic carbocycles. The van der Waals surface area contributed by atoms with Gasteiger partial charge in [0.25, 0.3) is 0 Å². The number of carboxylic acid groups (broad SMARTS) is 1. The minimum Gasteiger partial charge on any atom is -0.478 e. The molecule has 0 unspecified atom stereocenters. The Kier molecular flexibility index (Phi) is 4.50. The molecule has 0 fully saturated rings. The Morgan fingerprint density at radius 2 is 2.19 bits per heavy atom. The largest absolute Gasteiger partial charge is 0.478 e. The number of amides is 2. The number of para-hydroxylation sites is 1. The van der Waals surface area contributed by atoms with Crippen LogP contribution >= 0.6 is 0 Å². The summed E-state index contributed by atoms with van der Waals surface area (Å²) >= 11 is 0. The minimum absolute atomic E-state index is 0.0569. The molecule has 0 bridgehead atoms. The second kappa shape index (κ2) is 6.51. The summed E-state index contributed by atoms with van der Waals surface area (Å²) in [4.78, 5) is 22.9. The number of carboxylic acids is 1. The Morgan fingerprint density at radius 3 is 2.86 bits per heavy atom. The molecule has 8 nitrogen and oxygen atoms in total. The molecule has 0 radical (unpaired) electrons. The fourth-order valence-electron chi connectivity index (χ4n) is 1.81. The summed E-state index contributed by atoms with van der Waals surface area (Å²) in [5.41, 5.74) is 1.03. The average Bonchev–Trinajstić information content (AvgIpc) is 2.94. The maximum Gasteiger partial charge on any atom is 0.337 e. The van der Waals surface area contributed by atoms with Gasteiger partial charge in [-0.1, -0.05) is 17.3 Å². The molecule has 110 valence electrons. The highest BCUT2D eigenvalue weighted by atomic mass is 16.4. The fourth-order valence-corrected chi connectivity index (χ4v) is 1.81. The van der Waals surface area contributed by atoms with Crippen molar-refractivity contribution in [2.45, 2.75) is 13.5 Å². The molecule has 1 aromatic carbocycles. The lowest BCUT2D eigenvalue weighted by Gasteiger charge is -2.12. The number of rotatable bonds is 5. The van der Waals surface area contributed by atoms with Gasteiger partial charge in [-0.25, -0.2) is 9.59 Å². The van der Waals surface area contributed by atoms with Gasteiger partial charge in [0, 0.05) is 12.7 Å². The molecule has 2 amide bonds. The molecule has 21 heavy (non-hydrogen) atoms. The SMILES string of the molecule is Cc1cccc(C(=O)O)c1NC(=O)NCCn1ccnn1. The van der Waals surface area contributed by atoms with Gasteiger partial charge in [0.05, 0.1) is 24.0 Å². The summed E-state index contributed by atoms with van der Waals surface area (Å²) in [5, 5.41) is 21.7. The van der Waals surface area contributed by atoms with E-state index in [2.05, 4.69) is 20.9 Å². The third-order valence-corrected chi connectivity index (χ3v) is 2.84. The van der Waals surface area contributed by atoms with Crippen LogP contribution in [0.4, 0.5) is 10.5 Å². The van der Waals surface area contributed by atoms with Gasteiger partial charge in [-0.2, -0.15) is 0 Å². The Labute approximate surface area is 120 Å². The van der Waals surface area contributed by atoms with Crippen LogP contribution in [0.5, 0.6) is 0 Å². The maximum atomic E-state index is 11.8. The van der Waals surface area contributed by atoms with Crippen LogP contribution in [-0.4, -0.2) is 38.6 Å². The summed E-state index contributed by atoms with van der Waals surface area (Å²) < 4.78 is 1.58. The fraction of sp³-hybridized carbons (Fsp3) is 0.231. The first-order valence-corrected chi connectivity index (χ1v) is 6.30. The van der Waals surface area contributed by atoms with Crippen molar-refractivity contribution in [3.8, 4) is 0 Å². The summed E-state index contributed by atoms with van der Waals surface area (Å²) in [6.45, 7) is 2.56. The number of anilines is 1. The van der Waals surface area contributed by atoms with Crippen LogP contribution < -0.4 is 10.6 Å². The van der Waals surface area contributed by atoms with Crippen LogP contribution in [0, 0.1) is 6.92 Å². The number of nitrogens with one attached hydrogen (secondary N) is 2. The zero-order valence-corrected chi connectivity index (χ0v) is 11.4. The number of hydrogen-bond donors (Lipinski definition) is 3. The Balaban J connectivity index is 1.95. The van der Waals surface area contributed by atoms with Crippen molar-refractivity contribution in [1.29, 1.82) is 0 Å². The van der Waals surface area contributed by atoms with Crippen LogP contribution in [0.25, 0.3) is 0 Å².